The lowest BCUT2D eigenvalue weighted by molar-refractivity contribution is 0.982. The van der Waals surface area contributed by atoms with Gasteiger partial charge in [0, 0.05) is 5.69 Å². The molecule has 0 aliphatic heterocycles. The van der Waals surface area contributed by atoms with E-state index in [1.807, 2.05) is 12.1 Å². The molecule has 0 amide bonds. The van der Waals surface area contributed by atoms with Crippen molar-refractivity contribution in [2.75, 3.05) is 10.6 Å². The average Bonchev–Trinajstić information content (AvgIpc) is 2.59. The van der Waals surface area contributed by atoms with Gasteiger partial charge >= 0.3 is 0 Å². The van der Waals surface area contributed by atoms with Crippen LogP contribution in [0.15, 0.2) is 48.7 Å². The van der Waals surface area contributed by atoms with Crippen molar-refractivity contribution >= 4 is 23.1 Å². The summed E-state index contributed by atoms with van der Waals surface area (Å²) in [7, 11) is 0. The molecule has 3 rings (SSSR count). The molecule has 0 unspecified atom stereocenters. The Morgan fingerprint density at radius 3 is 2.62 bits per heavy atom. The third-order valence-corrected chi connectivity index (χ3v) is 3.63. The van der Waals surface area contributed by atoms with Crippen LogP contribution in [0.2, 0.25) is 0 Å². The van der Waals surface area contributed by atoms with Crippen LogP contribution < -0.4 is 10.6 Å². The average molecular weight is 316 g/mol. The lowest BCUT2D eigenvalue weighted by Crippen LogP contribution is -2.03. The zero-order valence-corrected chi connectivity index (χ0v) is 13.4. The van der Waals surface area contributed by atoms with Gasteiger partial charge in [-0.25, -0.2) is 0 Å². The van der Waals surface area contributed by atoms with Crippen LogP contribution in [0, 0.1) is 25.2 Å². The maximum atomic E-state index is 9.14. The van der Waals surface area contributed by atoms with Gasteiger partial charge in [-0.3, -0.25) is 0 Å². The Kier molecular flexibility index (Phi) is 4.34. The summed E-state index contributed by atoms with van der Waals surface area (Å²) in [6.45, 7) is 4.13. The molecular weight excluding hydrogens is 300 g/mol. The second-order valence-electron chi connectivity index (χ2n) is 5.37. The summed E-state index contributed by atoms with van der Waals surface area (Å²) >= 11 is 0. The molecule has 0 fully saturated rings. The fraction of sp³-hybridized carbons (Fsp3) is 0.111. The fourth-order valence-corrected chi connectivity index (χ4v) is 2.19. The van der Waals surface area contributed by atoms with Crippen molar-refractivity contribution in [3.8, 4) is 6.07 Å². The van der Waals surface area contributed by atoms with Gasteiger partial charge < -0.3 is 10.6 Å². The first kappa shape index (κ1) is 15.4. The third-order valence-electron chi connectivity index (χ3n) is 3.63. The number of nitriles is 1. The van der Waals surface area contributed by atoms with Gasteiger partial charge in [-0.1, -0.05) is 18.2 Å². The Bertz CT molecular complexity index is 913. The molecule has 0 bridgehead atoms. The Morgan fingerprint density at radius 2 is 1.83 bits per heavy atom. The van der Waals surface area contributed by atoms with E-state index in [1.165, 1.54) is 11.1 Å². The molecule has 3 aromatic rings. The highest BCUT2D eigenvalue weighted by atomic mass is 15.3. The van der Waals surface area contributed by atoms with Gasteiger partial charge in [-0.05, 0) is 49.2 Å². The quantitative estimate of drug-likeness (QED) is 0.760. The number of nitrogens with one attached hydrogen (secondary N) is 2. The van der Waals surface area contributed by atoms with Crippen molar-refractivity contribution in [2.45, 2.75) is 13.8 Å². The van der Waals surface area contributed by atoms with Crippen LogP contribution in [0.4, 0.5) is 23.1 Å². The van der Waals surface area contributed by atoms with Crippen LogP contribution >= 0.6 is 0 Å². The largest absolute Gasteiger partial charge is 0.339 e. The summed E-state index contributed by atoms with van der Waals surface area (Å²) in [5.74, 6) is 0.900. The highest BCUT2D eigenvalue weighted by molar-refractivity contribution is 5.64. The molecule has 6 heteroatoms. The predicted molar refractivity (Wildman–Crippen MR) is 93.5 cm³/mol. The van der Waals surface area contributed by atoms with Crippen molar-refractivity contribution in [2.24, 2.45) is 0 Å². The maximum Gasteiger partial charge on any atom is 0.249 e. The number of hydrogen-bond donors (Lipinski definition) is 2. The molecule has 1 heterocycles. The summed E-state index contributed by atoms with van der Waals surface area (Å²) in [4.78, 5) is 4.39. The van der Waals surface area contributed by atoms with Gasteiger partial charge in [0.15, 0.2) is 5.82 Å². The van der Waals surface area contributed by atoms with Crippen LogP contribution in [0.1, 0.15) is 16.7 Å². The van der Waals surface area contributed by atoms with Crippen molar-refractivity contribution in [3.05, 3.63) is 65.4 Å². The summed E-state index contributed by atoms with van der Waals surface area (Å²) in [5, 5.41) is 23.3. The molecular formula is C18H16N6. The Hall–Kier alpha value is -3.46. The Balaban J connectivity index is 1.81. The van der Waals surface area contributed by atoms with E-state index in [2.05, 4.69) is 57.9 Å². The van der Waals surface area contributed by atoms with E-state index in [0.717, 1.165) is 5.69 Å². The number of benzene rings is 2. The zero-order valence-electron chi connectivity index (χ0n) is 13.4. The number of anilines is 4. The van der Waals surface area contributed by atoms with Gasteiger partial charge in [-0.2, -0.15) is 15.3 Å². The standard InChI is InChI=1S/C18H16N6/c1-12-7-8-15(9-13(12)2)21-17-11-20-24-18(23-17)22-16-6-4-3-5-14(16)10-19/h3-9,11H,1-2H3,(H2,21,22,23,24). The molecule has 24 heavy (non-hydrogen) atoms. The van der Waals surface area contributed by atoms with Crippen molar-refractivity contribution in [3.63, 3.8) is 0 Å². The number of aromatic nitrogens is 3. The number of para-hydroxylation sites is 1. The molecule has 2 aromatic carbocycles. The summed E-state index contributed by atoms with van der Waals surface area (Å²) < 4.78 is 0. The highest BCUT2D eigenvalue weighted by Crippen LogP contribution is 2.20. The van der Waals surface area contributed by atoms with E-state index in [1.54, 1.807) is 24.4 Å². The Morgan fingerprint density at radius 1 is 1.00 bits per heavy atom. The minimum Gasteiger partial charge on any atom is -0.339 e. The number of nitrogens with zero attached hydrogens (tertiary/aromatic N) is 4. The molecule has 0 radical (unpaired) electrons. The van der Waals surface area contributed by atoms with E-state index in [4.69, 9.17) is 5.26 Å². The number of hydrogen-bond acceptors (Lipinski definition) is 6. The van der Waals surface area contributed by atoms with Crippen molar-refractivity contribution in [1.82, 2.24) is 15.2 Å². The smallest absolute Gasteiger partial charge is 0.249 e. The van der Waals surface area contributed by atoms with E-state index in [0.29, 0.717) is 23.0 Å². The second kappa shape index (κ2) is 6.75. The lowest BCUT2D eigenvalue weighted by Gasteiger charge is -2.09. The molecule has 0 atom stereocenters. The van der Waals surface area contributed by atoms with Gasteiger partial charge in [0.2, 0.25) is 5.95 Å². The van der Waals surface area contributed by atoms with E-state index in [-0.39, 0.29) is 0 Å². The van der Waals surface area contributed by atoms with Gasteiger partial charge in [0.05, 0.1) is 17.4 Å². The molecule has 0 aliphatic rings. The minimum absolute atomic E-state index is 0.325. The molecule has 6 nitrogen and oxygen atoms in total. The third kappa shape index (κ3) is 3.47. The summed E-state index contributed by atoms with van der Waals surface area (Å²) in [5.41, 5.74) is 4.53. The van der Waals surface area contributed by atoms with Gasteiger partial charge in [-0.15, -0.1) is 5.10 Å². The van der Waals surface area contributed by atoms with Gasteiger partial charge in [0.1, 0.15) is 6.07 Å². The molecule has 0 aliphatic carbocycles. The van der Waals surface area contributed by atoms with Crippen molar-refractivity contribution in [1.29, 1.82) is 5.26 Å². The van der Waals surface area contributed by atoms with Crippen LogP contribution in [0.5, 0.6) is 0 Å². The molecule has 0 saturated heterocycles. The first-order chi connectivity index (χ1) is 11.7. The van der Waals surface area contributed by atoms with Crippen molar-refractivity contribution < 1.29 is 0 Å². The molecule has 0 spiro atoms. The lowest BCUT2D eigenvalue weighted by atomic mass is 10.1. The van der Waals surface area contributed by atoms with Crippen LogP contribution in [-0.2, 0) is 0 Å². The SMILES string of the molecule is Cc1ccc(Nc2cnnc(Nc3ccccc3C#N)n2)cc1C. The van der Waals surface area contributed by atoms with Crippen LogP contribution in [0.25, 0.3) is 0 Å². The number of aryl methyl sites for hydroxylation is 2. The predicted octanol–water partition coefficient (Wildman–Crippen LogP) is 3.85. The van der Waals surface area contributed by atoms with E-state index in [9.17, 15) is 0 Å². The van der Waals surface area contributed by atoms with Gasteiger partial charge in [0.25, 0.3) is 0 Å². The minimum atomic E-state index is 0.325. The molecule has 2 N–H and O–H groups in total. The molecule has 0 saturated carbocycles. The van der Waals surface area contributed by atoms with Crippen LogP contribution in [-0.4, -0.2) is 15.2 Å². The topological polar surface area (TPSA) is 86.5 Å². The first-order valence-electron chi connectivity index (χ1n) is 7.46. The zero-order chi connectivity index (χ0) is 16.9. The molecule has 118 valence electrons. The molecule has 1 aromatic heterocycles. The maximum absolute atomic E-state index is 9.14. The first-order valence-corrected chi connectivity index (χ1v) is 7.46. The number of rotatable bonds is 4. The monoisotopic (exact) mass is 316 g/mol. The normalized spacial score (nSPS) is 10.0. The summed E-state index contributed by atoms with van der Waals surface area (Å²) in [6.07, 6.45) is 1.55. The van der Waals surface area contributed by atoms with E-state index < -0.39 is 0 Å². The second-order valence-corrected chi connectivity index (χ2v) is 5.37. The Labute approximate surface area is 140 Å². The fourth-order valence-electron chi connectivity index (χ4n) is 2.19. The summed E-state index contributed by atoms with van der Waals surface area (Å²) in [6, 6.07) is 15.4. The highest BCUT2D eigenvalue weighted by Gasteiger charge is 2.05. The van der Waals surface area contributed by atoms with E-state index >= 15 is 0 Å². The van der Waals surface area contributed by atoms with Crippen LogP contribution in [0.3, 0.4) is 0 Å².